The average molecular weight is 499 g/mol. The highest BCUT2D eigenvalue weighted by molar-refractivity contribution is 6.00. The summed E-state index contributed by atoms with van der Waals surface area (Å²) in [6.07, 6.45) is 6.74. The fourth-order valence-corrected chi connectivity index (χ4v) is 4.66. The van der Waals surface area contributed by atoms with Crippen LogP contribution >= 0.6 is 0 Å². The topological polar surface area (TPSA) is 150 Å². The highest BCUT2D eigenvalue weighted by Crippen LogP contribution is 2.50. The number of ether oxygens (including phenoxy) is 1. The fourth-order valence-electron chi connectivity index (χ4n) is 4.66. The van der Waals surface area contributed by atoms with E-state index in [9.17, 15) is 14.0 Å². The van der Waals surface area contributed by atoms with Crippen molar-refractivity contribution in [3.63, 3.8) is 0 Å². The van der Waals surface area contributed by atoms with Gasteiger partial charge in [-0.25, -0.2) is 18.7 Å². The zero-order valence-corrected chi connectivity index (χ0v) is 20.1. The first-order chi connectivity index (χ1) is 17.4. The van der Waals surface area contributed by atoms with Gasteiger partial charge >= 0.3 is 0 Å². The number of methoxy groups -OCH3 is 1. The average Bonchev–Trinajstić information content (AvgIpc) is 3.79. The van der Waals surface area contributed by atoms with Gasteiger partial charge in [0.15, 0.2) is 11.5 Å². The molecule has 2 aliphatic carbocycles. The molecule has 0 aromatic carbocycles. The van der Waals surface area contributed by atoms with Crippen molar-refractivity contribution in [1.82, 2.24) is 35.6 Å². The van der Waals surface area contributed by atoms with Crippen LogP contribution in [0.25, 0.3) is 0 Å². The highest BCUT2D eigenvalue weighted by atomic mass is 19.1. The molecule has 0 bridgehead atoms. The minimum atomic E-state index is -0.774. The first kappa shape index (κ1) is 23.8. The van der Waals surface area contributed by atoms with E-state index in [0.29, 0.717) is 23.1 Å². The third-order valence-corrected chi connectivity index (χ3v) is 6.80. The number of carbonyl (C=O) groups excluding carboxylic acids is 2. The summed E-state index contributed by atoms with van der Waals surface area (Å²) < 4.78 is 25.2. The second-order valence-electron chi connectivity index (χ2n) is 9.40. The van der Waals surface area contributed by atoms with Gasteiger partial charge < -0.3 is 15.4 Å². The smallest absolute Gasteiger partial charge is 0.276 e. The number of rotatable bonds is 10. The van der Waals surface area contributed by atoms with E-state index in [0.717, 1.165) is 31.9 Å². The molecule has 2 aliphatic rings. The van der Waals surface area contributed by atoms with Gasteiger partial charge in [-0.15, -0.1) is 5.10 Å². The van der Waals surface area contributed by atoms with Crippen LogP contribution in [0, 0.1) is 30.5 Å². The molecule has 2 fully saturated rings. The molecule has 190 valence electrons. The van der Waals surface area contributed by atoms with Crippen molar-refractivity contribution in [1.29, 1.82) is 0 Å². The third-order valence-electron chi connectivity index (χ3n) is 6.80. The Bertz CT molecular complexity index is 1260. The maximum atomic E-state index is 13.8. The maximum absolute atomic E-state index is 13.8. The summed E-state index contributed by atoms with van der Waals surface area (Å²) in [6, 6.07) is 0.0762. The molecule has 0 spiro atoms. The zero-order chi connectivity index (χ0) is 25.4. The summed E-state index contributed by atoms with van der Waals surface area (Å²) in [7, 11) is 1.45. The molecule has 12 nitrogen and oxygen atoms in total. The van der Waals surface area contributed by atoms with E-state index in [4.69, 9.17) is 4.74 Å². The number of aromatic nitrogens is 6. The van der Waals surface area contributed by atoms with E-state index in [-0.39, 0.29) is 29.2 Å². The molecule has 3 aromatic heterocycles. The number of carbonyl (C=O) groups is 2. The zero-order valence-electron chi connectivity index (χ0n) is 20.1. The third kappa shape index (κ3) is 4.90. The summed E-state index contributed by atoms with van der Waals surface area (Å²) in [5, 5.41) is 21.1. The van der Waals surface area contributed by atoms with E-state index in [1.807, 2.05) is 0 Å². The lowest BCUT2D eigenvalue weighted by Crippen LogP contribution is -2.50. The van der Waals surface area contributed by atoms with Crippen molar-refractivity contribution in [3.8, 4) is 5.88 Å². The van der Waals surface area contributed by atoms with Gasteiger partial charge in [0.25, 0.3) is 5.91 Å². The second-order valence-corrected chi connectivity index (χ2v) is 9.40. The predicted octanol–water partition coefficient (Wildman–Crippen LogP) is 2.29. The van der Waals surface area contributed by atoms with E-state index in [2.05, 4.69) is 40.9 Å². The lowest BCUT2D eigenvalue weighted by Gasteiger charge is -2.26. The number of hydrogen-bond donors (Lipinski definition) is 2. The molecule has 2 saturated carbocycles. The van der Waals surface area contributed by atoms with Crippen LogP contribution in [0.3, 0.4) is 0 Å². The van der Waals surface area contributed by atoms with Crippen molar-refractivity contribution < 1.29 is 23.3 Å². The number of aryl methyl sites for hydroxylation is 1. The monoisotopic (exact) mass is 498 g/mol. The van der Waals surface area contributed by atoms with Crippen molar-refractivity contribution in [2.75, 3.05) is 12.4 Å². The second kappa shape index (κ2) is 9.63. The molecule has 2 atom stereocenters. The first-order valence-corrected chi connectivity index (χ1v) is 11.9. The number of pyridine rings is 1. The SMILES string of the molecule is COc1ncc(F)cc1C(C)n1cc(NC(=O)C(NC(=O)c2nonc2C)C(C2CC2)C2CC2)nn1. The van der Waals surface area contributed by atoms with E-state index >= 15 is 0 Å². The lowest BCUT2D eigenvalue weighted by atomic mass is 9.88. The molecule has 3 aromatic rings. The van der Waals surface area contributed by atoms with E-state index in [1.54, 1.807) is 20.0 Å². The van der Waals surface area contributed by atoms with Gasteiger partial charge in [0.05, 0.1) is 25.5 Å². The molecule has 2 N–H and O–H groups in total. The summed E-state index contributed by atoms with van der Waals surface area (Å²) in [5.41, 5.74) is 0.875. The van der Waals surface area contributed by atoms with Gasteiger partial charge in [-0.2, -0.15) is 0 Å². The lowest BCUT2D eigenvalue weighted by molar-refractivity contribution is -0.119. The fraction of sp³-hybridized carbons (Fsp3) is 0.522. The van der Waals surface area contributed by atoms with Crippen LogP contribution in [0.2, 0.25) is 0 Å². The maximum Gasteiger partial charge on any atom is 0.276 e. The summed E-state index contributed by atoms with van der Waals surface area (Å²) in [5.74, 6) is -0.142. The highest BCUT2D eigenvalue weighted by Gasteiger charge is 2.48. The number of anilines is 1. The van der Waals surface area contributed by atoms with Crippen LogP contribution in [-0.4, -0.2) is 55.3 Å². The standard InChI is InChI=1S/C23H27FN8O4/c1-11-19(30-36-29-11)21(33)27-20(18(13-4-5-13)14-6-7-14)22(34)26-17-10-32(31-28-17)12(2)16-8-15(24)9-25-23(16)35-3/h8-10,12-14,18,20H,4-7H2,1-3H3,(H,26,34)(H,27,33). The van der Waals surface area contributed by atoms with Crippen LogP contribution in [-0.2, 0) is 4.79 Å². The molecule has 5 rings (SSSR count). The van der Waals surface area contributed by atoms with Gasteiger partial charge in [-0.3, -0.25) is 9.59 Å². The van der Waals surface area contributed by atoms with Gasteiger partial charge in [0.2, 0.25) is 11.8 Å². The molecule has 3 heterocycles. The van der Waals surface area contributed by atoms with Crippen LogP contribution in [0.15, 0.2) is 23.1 Å². The molecule has 2 unspecified atom stereocenters. The van der Waals surface area contributed by atoms with Crippen LogP contribution < -0.4 is 15.4 Å². The largest absolute Gasteiger partial charge is 0.481 e. The van der Waals surface area contributed by atoms with Crippen molar-refractivity contribution >= 4 is 17.6 Å². The Labute approximate surface area is 205 Å². The molecule has 36 heavy (non-hydrogen) atoms. The molecule has 0 aliphatic heterocycles. The van der Waals surface area contributed by atoms with Crippen molar-refractivity contribution in [3.05, 3.63) is 41.2 Å². The van der Waals surface area contributed by atoms with Gasteiger partial charge in [-0.05, 0) is 68.5 Å². The number of amides is 2. The molecular weight excluding hydrogens is 471 g/mol. The summed E-state index contributed by atoms with van der Waals surface area (Å²) >= 11 is 0. The van der Waals surface area contributed by atoms with Crippen LogP contribution in [0.5, 0.6) is 5.88 Å². The van der Waals surface area contributed by atoms with Crippen molar-refractivity contribution in [2.24, 2.45) is 17.8 Å². The van der Waals surface area contributed by atoms with Gasteiger partial charge in [0, 0.05) is 5.56 Å². The van der Waals surface area contributed by atoms with Crippen LogP contribution in [0.1, 0.15) is 60.4 Å². The Morgan fingerprint density at radius 1 is 1.22 bits per heavy atom. The first-order valence-electron chi connectivity index (χ1n) is 11.9. The summed E-state index contributed by atoms with van der Waals surface area (Å²) in [4.78, 5) is 30.3. The molecule has 13 heteroatoms. The molecule has 0 saturated heterocycles. The Hall–Kier alpha value is -3.90. The molecule has 2 amide bonds. The Kier molecular flexibility index (Phi) is 6.37. The molecule has 0 radical (unpaired) electrons. The van der Waals surface area contributed by atoms with Crippen LogP contribution in [0.4, 0.5) is 10.2 Å². The van der Waals surface area contributed by atoms with Gasteiger partial charge in [0.1, 0.15) is 17.6 Å². The van der Waals surface area contributed by atoms with Crippen molar-refractivity contribution in [2.45, 2.75) is 51.6 Å². The quantitative estimate of drug-likeness (QED) is 0.429. The summed E-state index contributed by atoms with van der Waals surface area (Å²) in [6.45, 7) is 3.40. The number of nitrogens with zero attached hydrogens (tertiary/aromatic N) is 6. The predicted molar refractivity (Wildman–Crippen MR) is 122 cm³/mol. The van der Waals surface area contributed by atoms with Gasteiger partial charge in [-0.1, -0.05) is 10.4 Å². The number of halogens is 1. The van der Waals surface area contributed by atoms with E-state index in [1.165, 1.54) is 17.9 Å². The minimum Gasteiger partial charge on any atom is -0.481 e. The number of hydrogen-bond acceptors (Lipinski definition) is 9. The minimum absolute atomic E-state index is 0.0192. The molecular formula is C23H27FN8O4. The Morgan fingerprint density at radius 3 is 2.56 bits per heavy atom. The Balaban J connectivity index is 1.35. The normalized spacial score (nSPS) is 17.0. The number of nitrogens with one attached hydrogen (secondary N) is 2. The van der Waals surface area contributed by atoms with E-state index < -0.39 is 23.8 Å². The Morgan fingerprint density at radius 2 is 1.94 bits per heavy atom.